The Labute approximate surface area is 615 Å². The van der Waals surface area contributed by atoms with Crippen molar-refractivity contribution in [3.8, 4) is 0 Å². The zero-order valence-corrected chi connectivity index (χ0v) is 62.0. The molecule has 0 amide bonds. The summed E-state index contributed by atoms with van der Waals surface area (Å²) in [5.41, 5.74) is 0. The molecule has 26 heteroatoms. The van der Waals surface area contributed by atoms with Crippen LogP contribution >= 0.6 is 0 Å². The van der Waals surface area contributed by atoms with E-state index in [0.717, 1.165) is 114 Å². The SMILES string of the molecule is C=CC(=O)OC(CCCCCCCC)C(O)CCCCCCCC(=O)OCC(COC(=O)CCCCCCCC(OC(=O)C=C)C(CC(O)C(CCCCC)OC(=O)/C=C/C(=O)O)OC(=O)/C=C/C(=O)O)OC(=O)CCCCCCCC(OC(=O)/C=C/C(=O)O)C(CCCCCCCC)OC(=O)C=C. The zero-order chi connectivity index (χ0) is 77.6. The lowest BCUT2D eigenvalue weighted by molar-refractivity contribution is -0.168. The Kier molecular flexibility index (Phi) is 58.6. The number of esters is 9. The molecule has 0 aliphatic rings. The molecule has 0 aromatic carbocycles. The minimum absolute atomic E-state index is 0.0230. The van der Waals surface area contributed by atoms with Gasteiger partial charge in [0.2, 0.25) is 0 Å². The number of aliphatic hydroxyl groups excluding tert-OH is 2. The Bertz CT molecular complexity index is 2610. The molecule has 0 saturated carbocycles. The van der Waals surface area contributed by atoms with Crippen LogP contribution in [0.4, 0.5) is 0 Å². The third-order valence-corrected chi connectivity index (χ3v) is 16.9. The third kappa shape index (κ3) is 54.6. The molecule has 9 atom stereocenters. The summed E-state index contributed by atoms with van der Waals surface area (Å²) in [6.07, 6.45) is 21.2. The fourth-order valence-corrected chi connectivity index (χ4v) is 11.2. The molecular weight excluding hydrogens is 1350 g/mol. The topological polar surface area (TPSA) is 389 Å². The molecular formula is C78H122O26. The van der Waals surface area contributed by atoms with Crippen molar-refractivity contribution in [2.24, 2.45) is 0 Å². The predicted octanol–water partition coefficient (Wildman–Crippen LogP) is 13.3. The summed E-state index contributed by atoms with van der Waals surface area (Å²) in [4.78, 5) is 148. The van der Waals surface area contributed by atoms with Gasteiger partial charge in [-0.15, -0.1) is 0 Å². The quantitative estimate of drug-likeness (QED) is 0.0163. The zero-order valence-electron chi connectivity index (χ0n) is 62.0. The number of aliphatic carboxylic acids is 3. The highest BCUT2D eigenvalue weighted by Crippen LogP contribution is 2.26. The molecule has 0 radical (unpaired) electrons. The van der Waals surface area contributed by atoms with Crippen LogP contribution in [-0.4, -0.2) is 165 Å². The van der Waals surface area contributed by atoms with Crippen LogP contribution < -0.4 is 0 Å². The molecule has 0 heterocycles. The number of hydrogen-bond donors (Lipinski definition) is 5. The van der Waals surface area contributed by atoms with Crippen molar-refractivity contribution in [3.63, 3.8) is 0 Å². The smallest absolute Gasteiger partial charge is 0.331 e. The highest BCUT2D eigenvalue weighted by molar-refractivity contribution is 5.92. The Hall–Kier alpha value is -8.00. The number of aliphatic hydroxyl groups is 2. The number of ether oxygens (including phenoxy) is 9. The van der Waals surface area contributed by atoms with Crippen molar-refractivity contribution in [1.82, 2.24) is 0 Å². The van der Waals surface area contributed by atoms with Gasteiger partial charge in [-0.05, 0) is 89.9 Å². The maximum atomic E-state index is 13.3. The fourth-order valence-electron chi connectivity index (χ4n) is 11.2. The fraction of sp³-hybridized carbons (Fsp3) is 0.692. The van der Waals surface area contributed by atoms with E-state index in [4.69, 9.17) is 58.0 Å². The van der Waals surface area contributed by atoms with Crippen molar-refractivity contribution in [2.75, 3.05) is 13.2 Å². The van der Waals surface area contributed by atoms with Gasteiger partial charge in [0.1, 0.15) is 49.8 Å². The molecule has 0 spiro atoms. The van der Waals surface area contributed by atoms with Crippen molar-refractivity contribution in [1.29, 1.82) is 0 Å². The molecule has 0 aromatic rings. The molecule has 26 nitrogen and oxygen atoms in total. The third-order valence-electron chi connectivity index (χ3n) is 16.9. The number of carboxylic acid groups (broad SMARTS) is 3. The highest BCUT2D eigenvalue weighted by atomic mass is 16.6. The van der Waals surface area contributed by atoms with E-state index in [1.54, 1.807) is 0 Å². The van der Waals surface area contributed by atoms with Gasteiger partial charge in [-0.1, -0.05) is 182 Å². The summed E-state index contributed by atoms with van der Waals surface area (Å²) in [7, 11) is 0. The van der Waals surface area contributed by atoms with Crippen LogP contribution in [-0.2, 0) is 100 Å². The molecule has 9 unspecified atom stereocenters. The summed E-state index contributed by atoms with van der Waals surface area (Å²) in [6, 6.07) is 0. The Balaban J connectivity index is 6.02. The number of unbranched alkanes of at least 4 members (excludes halogenated alkanes) is 24. The highest BCUT2D eigenvalue weighted by Gasteiger charge is 2.35. The van der Waals surface area contributed by atoms with E-state index in [2.05, 4.69) is 33.6 Å². The first-order valence-corrected chi connectivity index (χ1v) is 37.6. The van der Waals surface area contributed by atoms with Gasteiger partial charge in [0.05, 0.1) is 12.2 Å². The summed E-state index contributed by atoms with van der Waals surface area (Å²) in [5, 5.41) is 49.6. The summed E-state index contributed by atoms with van der Waals surface area (Å²) in [5.74, 6) is -11.3. The molecule has 0 saturated heterocycles. The van der Waals surface area contributed by atoms with Crippen molar-refractivity contribution in [2.45, 2.75) is 333 Å². The molecule has 0 fully saturated rings. The second-order valence-electron chi connectivity index (χ2n) is 25.9. The number of carbonyl (C=O) groups excluding carboxylic acids is 9. The lowest BCUT2D eigenvalue weighted by Gasteiger charge is -2.30. The van der Waals surface area contributed by atoms with Crippen LogP contribution in [0.1, 0.15) is 278 Å². The number of carboxylic acids is 3. The monoisotopic (exact) mass is 1470 g/mol. The van der Waals surface area contributed by atoms with E-state index in [0.29, 0.717) is 159 Å². The maximum absolute atomic E-state index is 13.3. The van der Waals surface area contributed by atoms with Crippen molar-refractivity contribution in [3.05, 3.63) is 74.4 Å². The minimum atomic E-state index is -1.54. The Morgan fingerprint density at radius 1 is 0.288 bits per heavy atom. The van der Waals surface area contributed by atoms with Crippen LogP contribution in [0.2, 0.25) is 0 Å². The van der Waals surface area contributed by atoms with Crippen LogP contribution in [0, 0.1) is 0 Å². The van der Waals surface area contributed by atoms with E-state index in [1.165, 1.54) is 0 Å². The normalized spacial score (nSPS) is 13.9. The lowest BCUT2D eigenvalue weighted by Crippen LogP contribution is -2.41. The molecule has 0 aliphatic carbocycles. The van der Waals surface area contributed by atoms with Gasteiger partial charge in [0.15, 0.2) is 6.10 Å². The van der Waals surface area contributed by atoms with Crippen molar-refractivity contribution < 1.29 is 126 Å². The van der Waals surface area contributed by atoms with Gasteiger partial charge in [0.25, 0.3) is 0 Å². The first kappa shape index (κ1) is 96.0. The lowest BCUT2D eigenvalue weighted by atomic mass is 9.95. The molecule has 5 N–H and O–H groups in total. The summed E-state index contributed by atoms with van der Waals surface area (Å²) in [6.45, 7) is 15.8. The molecule has 0 rings (SSSR count). The molecule has 104 heavy (non-hydrogen) atoms. The van der Waals surface area contributed by atoms with Crippen molar-refractivity contribution >= 4 is 71.6 Å². The van der Waals surface area contributed by atoms with Gasteiger partial charge < -0.3 is 68.2 Å². The molecule has 0 bridgehead atoms. The van der Waals surface area contributed by atoms with Crippen LogP contribution in [0.25, 0.3) is 0 Å². The standard InChI is InChI=1S/C78H122O26/c1-7-13-16-18-24-33-42-61(99-70(87)10-4)59(79)40-32-23-20-28-37-46-73(90)96-56-58(98-75(92)48-39-30-22-26-35-44-64(103-77(94)53-50-68(83)84)63(101-71(88)11-5)43-34-25-19-17-14-8-2)57-97-74(91)47-38-29-21-27-36-45-65(102-72(89)12-6)66(104-78(95)54-51-69(85)86)55-60(80)62(41-31-15-9-3)100-76(93)52-49-67(81)82/h10-12,49-54,58-66,79-80H,4-9,13-48,55-57H2,1-3H3,(H,81,82)(H,83,84)(H,85,86)/b52-49+,53-50+,54-51+. The van der Waals surface area contributed by atoms with Gasteiger partial charge in [-0.25, -0.2) is 43.2 Å². The van der Waals surface area contributed by atoms with E-state index in [9.17, 15) is 67.7 Å². The largest absolute Gasteiger partial charge is 0.478 e. The molecule has 590 valence electrons. The summed E-state index contributed by atoms with van der Waals surface area (Å²) >= 11 is 0. The molecule has 0 aromatic heterocycles. The van der Waals surface area contributed by atoms with E-state index in [1.807, 2.05) is 6.92 Å². The van der Waals surface area contributed by atoms with E-state index in [-0.39, 0.29) is 32.1 Å². The summed E-state index contributed by atoms with van der Waals surface area (Å²) < 4.78 is 50.2. The molecule has 0 aliphatic heterocycles. The number of rotatable bonds is 68. The van der Waals surface area contributed by atoms with Gasteiger partial charge >= 0.3 is 71.6 Å². The first-order valence-electron chi connectivity index (χ1n) is 37.6. The number of hydrogen-bond acceptors (Lipinski definition) is 23. The Morgan fingerprint density at radius 2 is 0.548 bits per heavy atom. The second kappa shape index (κ2) is 63.5. The van der Waals surface area contributed by atoms with Crippen LogP contribution in [0.3, 0.4) is 0 Å². The number of carbonyl (C=O) groups is 12. The Morgan fingerprint density at radius 3 is 0.913 bits per heavy atom. The van der Waals surface area contributed by atoms with Crippen LogP contribution in [0.5, 0.6) is 0 Å². The first-order chi connectivity index (χ1) is 49.9. The second-order valence-corrected chi connectivity index (χ2v) is 25.9. The average molecular weight is 1480 g/mol. The maximum Gasteiger partial charge on any atom is 0.331 e. The predicted molar refractivity (Wildman–Crippen MR) is 386 cm³/mol. The van der Waals surface area contributed by atoms with Gasteiger partial charge in [0, 0.05) is 80.4 Å². The average Bonchev–Trinajstić information content (AvgIpc) is 0.868. The van der Waals surface area contributed by atoms with E-state index < -0.39 is 146 Å². The van der Waals surface area contributed by atoms with Crippen LogP contribution in [0.15, 0.2) is 74.4 Å². The van der Waals surface area contributed by atoms with E-state index >= 15 is 0 Å². The van der Waals surface area contributed by atoms with Gasteiger partial charge in [-0.2, -0.15) is 0 Å². The minimum Gasteiger partial charge on any atom is -0.478 e. The van der Waals surface area contributed by atoms with Gasteiger partial charge in [-0.3, -0.25) is 14.4 Å².